The van der Waals surface area contributed by atoms with Crippen molar-refractivity contribution in [3.63, 3.8) is 0 Å². The number of nitrogens with zero attached hydrogens (tertiary/aromatic N) is 1. The molecule has 1 aromatic carbocycles. The van der Waals surface area contributed by atoms with Crippen LogP contribution in [0.1, 0.15) is 36.8 Å². The van der Waals surface area contributed by atoms with Crippen molar-refractivity contribution in [1.29, 1.82) is 0 Å². The molecule has 0 aromatic heterocycles. The first-order valence-electron chi connectivity index (χ1n) is 7.57. The molecule has 106 valence electrons. The van der Waals surface area contributed by atoms with E-state index in [9.17, 15) is 0 Å². The Balaban J connectivity index is 2.04. The molecule has 0 spiro atoms. The van der Waals surface area contributed by atoms with Crippen LogP contribution in [0, 0.1) is 19.8 Å². The zero-order valence-electron chi connectivity index (χ0n) is 12.9. The van der Waals surface area contributed by atoms with Crippen LogP contribution in [0.3, 0.4) is 0 Å². The lowest BCUT2D eigenvalue weighted by Crippen LogP contribution is -2.42. The molecule has 0 saturated heterocycles. The van der Waals surface area contributed by atoms with Gasteiger partial charge in [-0.15, -0.1) is 0 Å². The lowest BCUT2D eigenvalue weighted by atomic mass is 9.97. The molecule has 0 bridgehead atoms. The van der Waals surface area contributed by atoms with Gasteiger partial charge in [-0.2, -0.15) is 0 Å². The van der Waals surface area contributed by atoms with Gasteiger partial charge in [-0.1, -0.05) is 30.5 Å². The van der Waals surface area contributed by atoms with E-state index in [2.05, 4.69) is 56.4 Å². The van der Waals surface area contributed by atoms with Gasteiger partial charge in [-0.25, -0.2) is 0 Å². The summed E-state index contributed by atoms with van der Waals surface area (Å²) in [5.41, 5.74) is 4.09. The number of nitrogens with one attached hydrogen (secondary N) is 1. The summed E-state index contributed by atoms with van der Waals surface area (Å²) in [7, 11) is 4.33. The standard InChI is InChI=1S/C17H28N2/c1-13-9-10-17(14(2)11-13)19(4)12-16(18-3)15-7-5-6-8-15/h9-11,15-16,18H,5-8,12H2,1-4H3. The second-order valence-electron chi connectivity index (χ2n) is 6.11. The molecule has 1 aromatic rings. The van der Waals surface area contributed by atoms with Crippen molar-refractivity contribution in [2.45, 2.75) is 45.6 Å². The Bertz CT molecular complexity index is 408. The number of rotatable bonds is 5. The summed E-state index contributed by atoms with van der Waals surface area (Å²) in [6.45, 7) is 5.47. The molecule has 0 amide bonds. The number of likely N-dealkylation sites (N-methyl/N-ethyl adjacent to an activating group) is 2. The fourth-order valence-electron chi connectivity index (χ4n) is 3.46. The van der Waals surface area contributed by atoms with Gasteiger partial charge >= 0.3 is 0 Å². The van der Waals surface area contributed by atoms with Crippen molar-refractivity contribution in [2.75, 3.05) is 25.5 Å². The summed E-state index contributed by atoms with van der Waals surface area (Å²) in [5, 5.41) is 3.53. The highest BCUT2D eigenvalue weighted by Crippen LogP contribution is 2.29. The van der Waals surface area contributed by atoms with Gasteiger partial charge in [0.05, 0.1) is 0 Å². The maximum Gasteiger partial charge on any atom is 0.0394 e. The monoisotopic (exact) mass is 260 g/mol. The molecular formula is C17H28N2. The zero-order valence-corrected chi connectivity index (χ0v) is 12.9. The fourth-order valence-corrected chi connectivity index (χ4v) is 3.46. The lowest BCUT2D eigenvalue weighted by molar-refractivity contribution is 0.382. The van der Waals surface area contributed by atoms with Crippen LogP contribution in [-0.2, 0) is 0 Å². The molecule has 0 radical (unpaired) electrons. The molecule has 1 atom stereocenters. The Kier molecular flexibility index (Phi) is 4.87. The quantitative estimate of drug-likeness (QED) is 0.871. The van der Waals surface area contributed by atoms with Crippen LogP contribution in [0.5, 0.6) is 0 Å². The van der Waals surface area contributed by atoms with Crippen LogP contribution >= 0.6 is 0 Å². The average molecular weight is 260 g/mol. The zero-order chi connectivity index (χ0) is 13.8. The van der Waals surface area contributed by atoms with E-state index in [0.717, 1.165) is 12.5 Å². The molecule has 2 rings (SSSR count). The minimum Gasteiger partial charge on any atom is -0.373 e. The van der Waals surface area contributed by atoms with Gasteiger partial charge in [0.25, 0.3) is 0 Å². The lowest BCUT2D eigenvalue weighted by Gasteiger charge is -2.30. The number of hydrogen-bond acceptors (Lipinski definition) is 2. The summed E-state index contributed by atoms with van der Waals surface area (Å²) in [5.74, 6) is 0.859. The van der Waals surface area contributed by atoms with E-state index in [1.165, 1.54) is 42.5 Å². The van der Waals surface area contributed by atoms with Crippen molar-refractivity contribution >= 4 is 5.69 Å². The normalized spacial score (nSPS) is 17.7. The average Bonchev–Trinajstić information content (AvgIpc) is 2.89. The van der Waals surface area contributed by atoms with Crippen molar-refractivity contribution in [1.82, 2.24) is 5.32 Å². The van der Waals surface area contributed by atoms with Gasteiger partial charge in [0.15, 0.2) is 0 Å². The van der Waals surface area contributed by atoms with Crippen molar-refractivity contribution in [3.05, 3.63) is 29.3 Å². The molecule has 1 N–H and O–H groups in total. The predicted octanol–water partition coefficient (Wildman–Crippen LogP) is 3.52. The Morgan fingerprint density at radius 3 is 2.53 bits per heavy atom. The topological polar surface area (TPSA) is 15.3 Å². The van der Waals surface area contributed by atoms with Crippen LogP contribution in [-0.4, -0.2) is 26.7 Å². The highest BCUT2D eigenvalue weighted by molar-refractivity contribution is 5.53. The molecule has 1 saturated carbocycles. The van der Waals surface area contributed by atoms with Crippen LogP contribution in [0.15, 0.2) is 18.2 Å². The van der Waals surface area contributed by atoms with Crippen molar-refractivity contribution < 1.29 is 0 Å². The van der Waals surface area contributed by atoms with Gasteiger partial charge in [0.1, 0.15) is 0 Å². The highest BCUT2D eigenvalue weighted by Gasteiger charge is 2.25. The molecule has 19 heavy (non-hydrogen) atoms. The molecule has 1 unspecified atom stereocenters. The van der Waals surface area contributed by atoms with E-state index in [-0.39, 0.29) is 0 Å². The van der Waals surface area contributed by atoms with E-state index in [0.29, 0.717) is 6.04 Å². The van der Waals surface area contributed by atoms with Crippen molar-refractivity contribution in [2.24, 2.45) is 5.92 Å². The van der Waals surface area contributed by atoms with E-state index >= 15 is 0 Å². The van der Waals surface area contributed by atoms with E-state index in [1.54, 1.807) is 0 Å². The second kappa shape index (κ2) is 6.42. The predicted molar refractivity (Wildman–Crippen MR) is 84.0 cm³/mol. The first-order valence-corrected chi connectivity index (χ1v) is 7.57. The summed E-state index contributed by atoms with van der Waals surface area (Å²) in [6.07, 6.45) is 5.62. The van der Waals surface area contributed by atoms with E-state index in [4.69, 9.17) is 0 Å². The molecular weight excluding hydrogens is 232 g/mol. The maximum absolute atomic E-state index is 3.53. The van der Waals surface area contributed by atoms with Crippen LogP contribution in [0.2, 0.25) is 0 Å². The number of aryl methyl sites for hydroxylation is 2. The smallest absolute Gasteiger partial charge is 0.0394 e. The van der Waals surface area contributed by atoms with Gasteiger partial charge in [-0.3, -0.25) is 0 Å². The third-order valence-corrected chi connectivity index (χ3v) is 4.57. The van der Waals surface area contributed by atoms with Gasteiger partial charge in [-0.05, 0) is 51.3 Å². The first kappa shape index (κ1) is 14.4. The Labute approximate surface area is 118 Å². The third kappa shape index (κ3) is 3.50. The SMILES string of the molecule is CNC(CN(C)c1ccc(C)cc1C)C1CCCC1. The van der Waals surface area contributed by atoms with Crippen LogP contribution < -0.4 is 10.2 Å². The van der Waals surface area contributed by atoms with Crippen LogP contribution in [0.4, 0.5) is 5.69 Å². The van der Waals surface area contributed by atoms with Crippen LogP contribution in [0.25, 0.3) is 0 Å². The molecule has 2 heteroatoms. The molecule has 1 aliphatic carbocycles. The number of benzene rings is 1. The maximum atomic E-state index is 3.53. The summed E-state index contributed by atoms with van der Waals surface area (Å²) in [6, 6.07) is 7.36. The summed E-state index contributed by atoms with van der Waals surface area (Å²) < 4.78 is 0. The van der Waals surface area contributed by atoms with E-state index in [1.807, 2.05) is 0 Å². The molecule has 0 aliphatic heterocycles. The molecule has 1 aliphatic rings. The van der Waals surface area contributed by atoms with Gasteiger partial charge in [0.2, 0.25) is 0 Å². The largest absolute Gasteiger partial charge is 0.373 e. The molecule has 0 heterocycles. The third-order valence-electron chi connectivity index (χ3n) is 4.57. The molecule has 1 fully saturated rings. The summed E-state index contributed by atoms with van der Waals surface area (Å²) in [4.78, 5) is 2.41. The van der Waals surface area contributed by atoms with Gasteiger partial charge < -0.3 is 10.2 Å². The fraction of sp³-hybridized carbons (Fsp3) is 0.647. The Hall–Kier alpha value is -1.02. The number of anilines is 1. The minimum atomic E-state index is 0.619. The minimum absolute atomic E-state index is 0.619. The first-order chi connectivity index (χ1) is 9.11. The Morgan fingerprint density at radius 1 is 1.26 bits per heavy atom. The van der Waals surface area contributed by atoms with E-state index < -0.39 is 0 Å². The Morgan fingerprint density at radius 2 is 1.95 bits per heavy atom. The number of hydrogen-bond donors (Lipinski definition) is 1. The molecule has 2 nitrogen and oxygen atoms in total. The second-order valence-corrected chi connectivity index (χ2v) is 6.11. The van der Waals surface area contributed by atoms with Crippen molar-refractivity contribution in [3.8, 4) is 0 Å². The summed E-state index contributed by atoms with van der Waals surface area (Å²) >= 11 is 0. The highest BCUT2D eigenvalue weighted by atomic mass is 15.1. The van der Waals surface area contributed by atoms with Gasteiger partial charge in [0, 0.05) is 25.3 Å².